The first-order chi connectivity index (χ1) is 16.7. The summed E-state index contributed by atoms with van der Waals surface area (Å²) in [6, 6.07) is 8.51. The van der Waals surface area contributed by atoms with Crippen LogP contribution in [0.15, 0.2) is 53.2 Å². The fourth-order valence-electron chi connectivity index (χ4n) is 4.97. The lowest BCUT2D eigenvalue weighted by molar-refractivity contribution is 0.320. The number of thiazole rings is 1. The van der Waals surface area contributed by atoms with Crippen molar-refractivity contribution in [3.63, 3.8) is 0 Å². The number of benzene rings is 1. The Kier molecular flexibility index (Phi) is 4.66. The van der Waals surface area contributed by atoms with Gasteiger partial charge in [0.05, 0.1) is 29.0 Å². The SMILES string of the molecule is O=c1c2cc(-c3c(-c4ccn(C5CC5)n4)nc4sccn34)ccc2ncn1CCN1CCCC1. The van der Waals surface area contributed by atoms with Gasteiger partial charge in [-0.05, 0) is 57.0 Å². The third kappa shape index (κ3) is 3.38. The molecule has 34 heavy (non-hydrogen) atoms. The van der Waals surface area contributed by atoms with Gasteiger partial charge in [-0.2, -0.15) is 5.10 Å². The van der Waals surface area contributed by atoms with Crippen LogP contribution in [0.3, 0.4) is 0 Å². The van der Waals surface area contributed by atoms with Crippen LogP contribution in [-0.2, 0) is 6.54 Å². The Bertz CT molecular complexity index is 1570. The summed E-state index contributed by atoms with van der Waals surface area (Å²) in [4.78, 5) is 26.2. The summed E-state index contributed by atoms with van der Waals surface area (Å²) in [5, 5.41) is 7.50. The van der Waals surface area contributed by atoms with Crippen molar-refractivity contribution in [3.8, 4) is 22.6 Å². The van der Waals surface area contributed by atoms with Crippen molar-refractivity contribution < 1.29 is 0 Å². The molecule has 0 amide bonds. The first-order valence-corrected chi connectivity index (χ1v) is 12.9. The van der Waals surface area contributed by atoms with E-state index in [4.69, 9.17) is 10.1 Å². The molecule has 1 saturated carbocycles. The summed E-state index contributed by atoms with van der Waals surface area (Å²) < 4.78 is 5.90. The van der Waals surface area contributed by atoms with E-state index in [0.29, 0.717) is 18.0 Å². The van der Waals surface area contributed by atoms with Crippen LogP contribution in [0, 0.1) is 0 Å². The Hall–Kier alpha value is -3.30. The molecule has 2 fully saturated rings. The average Bonchev–Trinajstić information content (AvgIpc) is 3.27. The van der Waals surface area contributed by atoms with E-state index in [-0.39, 0.29) is 5.56 Å². The molecular weight excluding hydrogens is 446 g/mol. The predicted octanol–water partition coefficient (Wildman–Crippen LogP) is 4.07. The Morgan fingerprint density at radius 1 is 1.06 bits per heavy atom. The minimum atomic E-state index is 0.0108. The molecule has 0 unspecified atom stereocenters. The third-order valence-electron chi connectivity index (χ3n) is 6.99. The van der Waals surface area contributed by atoms with Crippen LogP contribution in [0.1, 0.15) is 31.7 Å². The Labute approximate surface area is 200 Å². The molecule has 1 aliphatic heterocycles. The molecule has 7 rings (SSSR count). The number of hydrogen-bond acceptors (Lipinski definition) is 6. The highest BCUT2D eigenvalue weighted by Crippen LogP contribution is 2.37. The van der Waals surface area contributed by atoms with Gasteiger partial charge in [0.1, 0.15) is 11.4 Å². The molecule has 172 valence electrons. The van der Waals surface area contributed by atoms with E-state index < -0.39 is 0 Å². The standard InChI is InChI=1S/C25H25N7OS/c33-24-19-15-17(3-6-20(19)26-16-30(24)12-11-29-8-1-2-9-29)23-22(27-25-31(23)13-14-34-25)21-7-10-32(28-21)18-4-5-18/h3,6-7,10,13-16,18H,1-2,4-5,8-9,11-12H2. The number of hydrogen-bond donors (Lipinski definition) is 0. The van der Waals surface area contributed by atoms with Crippen LogP contribution in [-0.4, -0.2) is 53.3 Å². The van der Waals surface area contributed by atoms with Crippen molar-refractivity contribution in [2.24, 2.45) is 0 Å². The van der Waals surface area contributed by atoms with E-state index in [1.807, 2.05) is 42.0 Å². The lowest BCUT2D eigenvalue weighted by atomic mass is 10.1. The van der Waals surface area contributed by atoms with Crippen LogP contribution >= 0.6 is 11.3 Å². The van der Waals surface area contributed by atoms with Gasteiger partial charge < -0.3 is 4.90 Å². The third-order valence-corrected chi connectivity index (χ3v) is 7.74. The molecule has 1 aromatic carbocycles. The number of aromatic nitrogens is 6. The van der Waals surface area contributed by atoms with Crippen LogP contribution in [0.2, 0.25) is 0 Å². The normalized spacial score (nSPS) is 16.8. The minimum absolute atomic E-state index is 0.0108. The Morgan fingerprint density at radius 3 is 2.79 bits per heavy atom. The number of rotatable bonds is 6. The second-order valence-electron chi connectivity index (χ2n) is 9.30. The van der Waals surface area contributed by atoms with E-state index in [1.54, 1.807) is 22.2 Å². The second-order valence-corrected chi connectivity index (χ2v) is 10.2. The van der Waals surface area contributed by atoms with Gasteiger partial charge in [-0.15, -0.1) is 11.3 Å². The molecule has 0 N–H and O–H groups in total. The maximum atomic E-state index is 13.4. The van der Waals surface area contributed by atoms with Gasteiger partial charge in [0.25, 0.3) is 5.56 Å². The summed E-state index contributed by atoms with van der Waals surface area (Å²) in [7, 11) is 0. The molecule has 0 radical (unpaired) electrons. The zero-order valence-electron chi connectivity index (χ0n) is 18.8. The van der Waals surface area contributed by atoms with Gasteiger partial charge >= 0.3 is 0 Å². The average molecular weight is 472 g/mol. The van der Waals surface area contributed by atoms with Crippen molar-refractivity contribution in [2.45, 2.75) is 38.3 Å². The fourth-order valence-corrected chi connectivity index (χ4v) is 5.68. The monoisotopic (exact) mass is 471 g/mol. The van der Waals surface area contributed by atoms with Gasteiger partial charge in [0.2, 0.25) is 0 Å². The van der Waals surface area contributed by atoms with Crippen molar-refractivity contribution in [3.05, 3.63) is 58.7 Å². The van der Waals surface area contributed by atoms with Gasteiger partial charge in [0.15, 0.2) is 4.96 Å². The van der Waals surface area contributed by atoms with Gasteiger partial charge in [-0.1, -0.05) is 6.07 Å². The molecule has 8 nitrogen and oxygen atoms in total. The largest absolute Gasteiger partial charge is 0.302 e. The highest BCUT2D eigenvalue weighted by Gasteiger charge is 2.26. The maximum Gasteiger partial charge on any atom is 0.261 e. The number of nitrogens with zero attached hydrogens (tertiary/aromatic N) is 7. The van der Waals surface area contributed by atoms with Crippen LogP contribution < -0.4 is 5.56 Å². The van der Waals surface area contributed by atoms with E-state index in [9.17, 15) is 4.79 Å². The minimum Gasteiger partial charge on any atom is -0.302 e. The molecule has 9 heteroatoms. The number of likely N-dealkylation sites (tertiary alicyclic amines) is 1. The molecule has 2 aliphatic rings. The summed E-state index contributed by atoms with van der Waals surface area (Å²) in [6.07, 6.45) is 10.6. The van der Waals surface area contributed by atoms with E-state index in [2.05, 4.69) is 19.0 Å². The molecule has 0 bridgehead atoms. The van der Waals surface area contributed by atoms with Crippen molar-refractivity contribution in [2.75, 3.05) is 19.6 Å². The van der Waals surface area contributed by atoms with Gasteiger partial charge in [-0.3, -0.25) is 18.4 Å². The quantitative estimate of drug-likeness (QED) is 0.373. The molecule has 1 saturated heterocycles. The zero-order chi connectivity index (χ0) is 22.6. The Balaban J connectivity index is 1.32. The highest BCUT2D eigenvalue weighted by molar-refractivity contribution is 7.15. The topological polar surface area (TPSA) is 73.2 Å². The van der Waals surface area contributed by atoms with Crippen LogP contribution in [0.25, 0.3) is 38.5 Å². The lowest BCUT2D eigenvalue weighted by Crippen LogP contribution is -2.29. The van der Waals surface area contributed by atoms with Crippen molar-refractivity contribution >= 4 is 27.2 Å². The summed E-state index contributed by atoms with van der Waals surface area (Å²) in [6.45, 7) is 3.80. The molecule has 0 spiro atoms. The molecule has 5 aromatic rings. The lowest BCUT2D eigenvalue weighted by Gasteiger charge is -2.15. The van der Waals surface area contributed by atoms with Gasteiger partial charge in [-0.25, -0.2) is 9.97 Å². The van der Waals surface area contributed by atoms with Crippen LogP contribution in [0.4, 0.5) is 0 Å². The first-order valence-electron chi connectivity index (χ1n) is 12.0. The summed E-state index contributed by atoms with van der Waals surface area (Å²) in [5.74, 6) is 0. The predicted molar refractivity (Wildman–Crippen MR) is 133 cm³/mol. The smallest absolute Gasteiger partial charge is 0.261 e. The second kappa shape index (κ2) is 7.89. The van der Waals surface area contributed by atoms with Gasteiger partial charge in [0, 0.05) is 36.4 Å². The maximum absolute atomic E-state index is 13.4. The van der Waals surface area contributed by atoms with E-state index in [0.717, 1.165) is 52.8 Å². The molecule has 5 heterocycles. The first kappa shape index (κ1) is 20.1. The summed E-state index contributed by atoms with van der Waals surface area (Å²) in [5.41, 5.74) is 4.36. The molecular formula is C25H25N7OS. The Morgan fingerprint density at radius 2 is 1.94 bits per heavy atom. The number of fused-ring (bicyclic) bond motifs is 2. The summed E-state index contributed by atoms with van der Waals surface area (Å²) >= 11 is 1.60. The fraction of sp³-hybridized carbons (Fsp3) is 0.360. The van der Waals surface area contributed by atoms with E-state index in [1.165, 1.54) is 25.7 Å². The zero-order valence-corrected chi connectivity index (χ0v) is 19.6. The molecule has 4 aromatic heterocycles. The molecule has 1 aliphatic carbocycles. The van der Waals surface area contributed by atoms with E-state index >= 15 is 0 Å². The van der Waals surface area contributed by atoms with Crippen molar-refractivity contribution in [1.82, 2.24) is 33.6 Å². The van der Waals surface area contributed by atoms with Crippen LogP contribution in [0.5, 0.6) is 0 Å². The number of imidazole rings is 1. The highest BCUT2D eigenvalue weighted by atomic mass is 32.1. The molecule has 0 atom stereocenters. The van der Waals surface area contributed by atoms with Crippen molar-refractivity contribution in [1.29, 1.82) is 0 Å².